The summed E-state index contributed by atoms with van der Waals surface area (Å²) in [6, 6.07) is 8.11. The van der Waals surface area contributed by atoms with Gasteiger partial charge in [-0.05, 0) is 49.3 Å². The van der Waals surface area contributed by atoms with Gasteiger partial charge in [0.05, 0.1) is 13.2 Å². The fourth-order valence-electron chi connectivity index (χ4n) is 3.96. The normalized spacial score (nSPS) is 16.4. The van der Waals surface area contributed by atoms with Crippen molar-refractivity contribution in [1.29, 1.82) is 0 Å². The van der Waals surface area contributed by atoms with Crippen LogP contribution in [0.5, 0.6) is 5.75 Å². The molecule has 0 spiro atoms. The van der Waals surface area contributed by atoms with E-state index in [9.17, 15) is 5.11 Å². The lowest BCUT2D eigenvalue weighted by molar-refractivity contribution is 0.131. The Bertz CT molecular complexity index is 595. The van der Waals surface area contributed by atoms with Gasteiger partial charge in [0, 0.05) is 39.8 Å². The second-order valence-electron chi connectivity index (χ2n) is 7.93. The van der Waals surface area contributed by atoms with E-state index in [2.05, 4.69) is 23.6 Å². The van der Waals surface area contributed by atoms with Gasteiger partial charge in [-0.25, -0.2) is 4.99 Å². The molecule has 29 heavy (non-hydrogen) atoms. The number of aliphatic hydroxyl groups excluding tert-OH is 1. The van der Waals surface area contributed by atoms with Crippen molar-refractivity contribution in [1.82, 2.24) is 10.6 Å². The average Bonchev–Trinajstić information content (AvgIpc) is 2.74. The number of rotatable bonds is 12. The molecule has 0 radical (unpaired) electrons. The molecule has 0 saturated heterocycles. The van der Waals surface area contributed by atoms with Crippen molar-refractivity contribution >= 4 is 5.96 Å². The molecule has 0 heterocycles. The highest BCUT2D eigenvalue weighted by Crippen LogP contribution is 2.38. The molecule has 1 aliphatic rings. The largest absolute Gasteiger partial charge is 0.493 e. The zero-order chi connectivity index (χ0) is 20.8. The molecule has 1 fully saturated rings. The average molecular weight is 406 g/mol. The number of aliphatic hydroxyl groups is 1. The molecule has 0 aliphatic heterocycles. The van der Waals surface area contributed by atoms with E-state index < -0.39 is 0 Å². The van der Waals surface area contributed by atoms with Gasteiger partial charge in [-0.2, -0.15) is 0 Å². The van der Waals surface area contributed by atoms with E-state index in [1.54, 1.807) is 7.11 Å². The summed E-state index contributed by atoms with van der Waals surface area (Å²) in [7, 11) is 1.70. The molecule has 0 atom stereocenters. The van der Waals surface area contributed by atoms with Crippen LogP contribution < -0.4 is 15.4 Å². The van der Waals surface area contributed by atoms with Crippen LogP contribution in [0.2, 0.25) is 0 Å². The van der Waals surface area contributed by atoms with Crippen LogP contribution in [0.15, 0.2) is 29.3 Å². The molecule has 2 rings (SSSR count). The van der Waals surface area contributed by atoms with Gasteiger partial charge in [0.15, 0.2) is 5.96 Å². The second kappa shape index (κ2) is 13.4. The molecular formula is C23H39N3O3. The van der Waals surface area contributed by atoms with Gasteiger partial charge in [-0.1, -0.05) is 31.4 Å². The zero-order valence-electron chi connectivity index (χ0n) is 18.2. The molecule has 1 aromatic carbocycles. The lowest BCUT2D eigenvalue weighted by atomic mass is 9.72. The van der Waals surface area contributed by atoms with E-state index in [1.165, 1.54) is 32.1 Å². The maximum absolute atomic E-state index is 9.53. The quantitative estimate of drug-likeness (QED) is 0.282. The van der Waals surface area contributed by atoms with Crippen molar-refractivity contribution in [2.75, 3.05) is 40.0 Å². The number of benzene rings is 1. The smallest absolute Gasteiger partial charge is 0.191 e. The zero-order valence-corrected chi connectivity index (χ0v) is 18.2. The van der Waals surface area contributed by atoms with Crippen molar-refractivity contribution in [3.8, 4) is 5.75 Å². The summed E-state index contributed by atoms with van der Waals surface area (Å²) < 4.78 is 10.8. The molecule has 1 aromatic rings. The molecular weight excluding hydrogens is 366 g/mol. The molecule has 0 unspecified atom stereocenters. The number of hydrogen-bond acceptors (Lipinski definition) is 4. The number of methoxy groups -OCH3 is 1. The van der Waals surface area contributed by atoms with Gasteiger partial charge in [-0.3, -0.25) is 0 Å². The molecule has 3 N–H and O–H groups in total. The Kier molecular flexibility index (Phi) is 10.9. The molecule has 0 aromatic heterocycles. The van der Waals surface area contributed by atoms with Gasteiger partial charge >= 0.3 is 0 Å². The van der Waals surface area contributed by atoms with Crippen molar-refractivity contribution in [3.63, 3.8) is 0 Å². The van der Waals surface area contributed by atoms with E-state index in [0.29, 0.717) is 19.8 Å². The topological polar surface area (TPSA) is 75.1 Å². The molecule has 1 saturated carbocycles. The van der Waals surface area contributed by atoms with E-state index in [4.69, 9.17) is 14.5 Å². The number of guanidine groups is 1. The minimum atomic E-state index is 0.194. The molecule has 164 valence electrons. The number of hydrogen-bond donors (Lipinski definition) is 3. The first kappa shape index (κ1) is 23.5. The van der Waals surface area contributed by atoms with E-state index in [0.717, 1.165) is 43.2 Å². The first-order chi connectivity index (χ1) is 14.2. The minimum absolute atomic E-state index is 0.194. The van der Waals surface area contributed by atoms with Gasteiger partial charge in [0.25, 0.3) is 0 Å². The Morgan fingerprint density at radius 1 is 1.17 bits per heavy atom. The second-order valence-corrected chi connectivity index (χ2v) is 7.93. The van der Waals surface area contributed by atoms with Crippen molar-refractivity contribution in [2.24, 2.45) is 10.4 Å². The highest BCUT2D eigenvalue weighted by atomic mass is 16.5. The summed E-state index contributed by atoms with van der Waals surface area (Å²) in [6.07, 6.45) is 7.93. The van der Waals surface area contributed by atoms with Crippen LogP contribution in [0.25, 0.3) is 0 Å². The predicted octanol–water partition coefficient (Wildman–Crippen LogP) is 3.49. The molecule has 0 bridgehead atoms. The Hall–Kier alpha value is -1.79. The van der Waals surface area contributed by atoms with Crippen LogP contribution in [-0.4, -0.2) is 51.1 Å². The third-order valence-electron chi connectivity index (χ3n) is 5.61. The highest BCUT2D eigenvalue weighted by Gasteiger charge is 2.31. The maximum Gasteiger partial charge on any atom is 0.191 e. The Morgan fingerprint density at radius 3 is 2.72 bits per heavy atom. The standard InChI is InChI=1S/C23H39N3O3/c1-3-24-22(26-19-23(13-14-27)11-5-4-6-12-23)25-18-20-9-7-10-21(17-20)29-16-8-15-28-2/h7,9-10,17,27H,3-6,8,11-16,18-19H2,1-2H3,(H2,24,25,26). The Labute approximate surface area is 176 Å². The monoisotopic (exact) mass is 405 g/mol. The molecule has 6 heteroatoms. The van der Waals surface area contributed by atoms with Crippen LogP contribution in [0, 0.1) is 5.41 Å². The first-order valence-electron chi connectivity index (χ1n) is 11.0. The molecule has 6 nitrogen and oxygen atoms in total. The SMILES string of the molecule is CCNC(=NCc1cccc(OCCCOC)c1)NCC1(CCO)CCCCC1. The summed E-state index contributed by atoms with van der Waals surface area (Å²) in [5, 5.41) is 16.4. The first-order valence-corrected chi connectivity index (χ1v) is 11.0. The van der Waals surface area contributed by atoms with E-state index in [1.807, 2.05) is 18.2 Å². The summed E-state index contributed by atoms with van der Waals surface area (Å²) in [5.41, 5.74) is 1.31. The lowest BCUT2D eigenvalue weighted by Crippen LogP contribution is -2.44. The predicted molar refractivity (Wildman–Crippen MR) is 118 cm³/mol. The Balaban J connectivity index is 1.92. The summed E-state index contributed by atoms with van der Waals surface area (Å²) >= 11 is 0. The molecule has 0 amide bonds. The van der Waals surface area contributed by atoms with Gasteiger partial charge < -0.3 is 25.2 Å². The van der Waals surface area contributed by atoms with Gasteiger partial charge in [0.2, 0.25) is 0 Å². The van der Waals surface area contributed by atoms with Crippen molar-refractivity contribution in [3.05, 3.63) is 29.8 Å². The fourth-order valence-corrected chi connectivity index (χ4v) is 3.96. The third-order valence-corrected chi connectivity index (χ3v) is 5.61. The number of nitrogens with one attached hydrogen (secondary N) is 2. The van der Waals surface area contributed by atoms with Gasteiger partial charge in [0.1, 0.15) is 5.75 Å². The summed E-state index contributed by atoms with van der Waals surface area (Å²) in [4.78, 5) is 4.77. The lowest BCUT2D eigenvalue weighted by Gasteiger charge is -2.37. The van der Waals surface area contributed by atoms with Crippen molar-refractivity contribution in [2.45, 2.75) is 58.4 Å². The van der Waals surface area contributed by atoms with Gasteiger partial charge in [-0.15, -0.1) is 0 Å². The van der Waals surface area contributed by atoms with E-state index >= 15 is 0 Å². The minimum Gasteiger partial charge on any atom is -0.493 e. The number of aliphatic imine (C=N–C) groups is 1. The van der Waals surface area contributed by atoms with Crippen LogP contribution >= 0.6 is 0 Å². The summed E-state index contributed by atoms with van der Waals surface area (Å²) in [5.74, 6) is 1.71. The molecule has 1 aliphatic carbocycles. The fraction of sp³-hybridized carbons (Fsp3) is 0.696. The maximum atomic E-state index is 9.53. The van der Waals surface area contributed by atoms with Crippen LogP contribution in [-0.2, 0) is 11.3 Å². The van der Waals surface area contributed by atoms with E-state index in [-0.39, 0.29) is 12.0 Å². The van der Waals surface area contributed by atoms with Crippen LogP contribution in [0.3, 0.4) is 0 Å². The van der Waals surface area contributed by atoms with Crippen molar-refractivity contribution < 1.29 is 14.6 Å². The number of ether oxygens (including phenoxy) is 2. The Morgan fingerprint density at radius 2 is 2.00 bits per heavy atom. The summed E-state index contributed by atoms with van der Waals surface area (Å²) in [6.45, 7) is 5.97. The third kappa shape index (κ3) is 8.62. The van der Waals surface area contributed by atoms with Crippen LogP contribution in [0.4, 0.5) is 0 Å². The highest BCUT2D eigenvalue weighted by molar-refractivity contribution is 5.79. The number of nitrogens with zero attached hydrogens (tertiary/aromatic N) is 1. The van der Waals surface area contributed by atoms with Crippen LogP contribution in [0.1, 0.15) is 57.4 Å².